The molecule has 1 unspecified atom stereocenters. The number of hydrogen-bond donors (Lipinski definition) is 2. The SMILES string of the molecule is CC(Cc1cccnc1)P(=O)(O)O. The van der Waals surface area contributed by atoms with Crippen molar-refractivity contribution in [2.45, 2.75) is 19.0 Å². The van der Waals surface area contributed by atoms with Gasteiger partial charge in [0.2, 0.25) is 0 Å². The van der Waals surface area contributed by atoms with Gasteiger partial charge >= 0.3 is 7.60 Å². The van der Waals surface area contributed by atoms with Gasteiger partial charge in [0.05, 0.1) is 5.66 Å². The van der Waals surface area contributed by atoms with Gasteiger partial charge in [-0.15, -0.1) is 0 Å². The van der Waals surface area contributed by atoms with Gasteiger partial charge in [-0.3, -0.25) is 9.55 Å². The highest BCUT2D eigenvalue weighted by atomic mass is 31.2. The number of pyridine rings is 1. The molecule has 13 heavy (non-hydrogen) atoms. The topological polar surface area (TPSA) is 70.4 Å². The first-order valence-electron chi connectivity index (χ1n) is 3.94. The van der Waals surface area contributed by atoms with Crippen LogP contribution in [-0.4, -0.2) is 20.4 Å². The maximum atomic E-state index is 10.8. The van der Waals surface area contributed by atoms with Crippen LogP contribution in [0.5, 0.6) is 0 Å². The van der Waals surface area contributed by atoms with Gasteiger partial charge in [-0.25, -0.2) is 0 Å². The van der Waals surface area contributed by atoms with Crippen LogP contribution in [0.1, 0.15) is 12.5 Å². The standard InChI is InChI=1S/C8H12NO3P/c1-7(13(10,11)12)5-8-3-2-4-9-6-8/h2-4,6-7H,5H2,1H3,(H2,10,11,12). The third kappa shape index (κ3) is 3.27. The molecule has 72 valence electrons. The van der Waals surface area contributed by atoms with E-state index in [2.05, 4.69) is 4.98 Å². The van der Waals surface area contributed by atoms with E-state index in [0.29, 0.717) is 6.42 Å². The minimum Gasteiger partial charge on any atom is -0.324 e. The molecule has 2 N–H and O–H groups in total. The van der Waals surface area contributed by atoms with Crippen LogP contribution in [0.2, 0.25) is 0 Å². The minimum atomic E-state index is -3.95. The zero-order valence-electron chi connectivity index (χ0n) is 7.29. The molecule has 0 aliphatic rings. The third-order valence-corrected chi connectivity index (χ3v) is 3.16. The van der Waals surface area contributed by atoms with E-state index >= 15 is 0 Å². The second-order valence-corrected chi connectivity index (χ2v) is 5.06. The summed E-state index contributed by atoms with van der Waals surface area (Å²) in [5.74, 6) is 0. The summed E-state index contributed by atoms with van der Waals surface area (Å²) in [4.78, 5) is 21.5. The molecule has 1 rings (SSSR count). The number of aromatic nitrogens is 1. The van der Waals surface area contributed by atoms with Crippen LogP contribution in [0.15, 0.2) is 24.5 Å². The third-order valence-electron chi connectivity index (χ3n) is 1.83. The molecule has 1 aromatic rings. The van der Waals surface area contributed by atoms with E-state index in [4.69, 9.17) is 9.79 Å². The molecule has 1 atom stereocenters. The average molecular weight is 201 g/mol. The van der Waals surface area contributed by atoms with Crippen molar-refractivity contribution < 1.29 is 14.4 Å². The van der Waals surface area contributed by atoms with E-state index in [9.17, 15) is 4.57 Å². The Morgan fingerprint density at radius 1 is 1.62 bits per heavy atom. The van der Waals surface area contributed by atoms with E-state index in [-0.39, 0.29) is 0 Å². The zero-order chi connectivity index (χ0) is 9.90. The highest BCUT2D eigenvalue weighted by Gasteiger charge is 2.23. The largest absolute Gasteiger partial charge is 0.328 e. The van der Waals surface area contributed by atoms with Crippen LogP contribution in [0.4, 0.5) is 0 Å². The molecule has 0 spiro atoms. The Morgan fingerprint density at radius 2 is 2.31 bits per heavy atom. The van der Waals surface area contributed by atoms with Crippen LogP contribution in [-0.2, 0) is 11.0 Å². The van der Waals surface area contributed by atoms with Gasteiger partial charge in [-0.1, -0.05) is 13.0 Å². The Bertz CT molecular complexity index is 308. The molecule has 0 amide bonds. The van der Waals surface area contributed by atoms with E-state index in [0.717, 1.165) is 5.56 Å². The fourth-order valence-electron chi connectivity index (χ4n) is 0.979. The molecule has 4 nitrogen and oxygen atoms in total. The molecule has 1 aromatic heterocycles. The molecule has 1 heterocycles. The molecule has 0 bridgehead atoms. The van der Waals surface area contributed by atoms with E-state index in [1.807, 2.05) is 0 Å². The summed E-state index contributed by atoms with van der Waals surface area (Å²) in [6.07, 6.45) is 3.61. The molecular weight excluding hydrogens is 189 g/mol. The lowest BCUT2D eigenvalue weighted by Crippen LogP contribution is -2.06. The van der Waals surface area contributed by atoms with E-state index in [1.54, 1.807) is 24.5 Å². The molecular formula is C8H12NO3P. The van der Waals surface area contributed by atoms with E-state index in [1.165, 1.54) is 6.92 Å². The molecule has 0 saturated carbocycles. The van der Waals surface area contributed by atoms with Gasteiger partial charge in [-0.05, 0) is 18.1 Å². The van der Waals surface area contributed by atoms with Crippen molar-refractivity contribution in [3.05, 3.63) is 30.1 Å². The summed E-state index contributed by atoms with van der Waals surface area (Å²) < 4.78 is 10.8. The van der Waals surface area contributed by atoms with Crippen molar-refractivity contribution in [3.8, 4) is 0 Å². The van der Waals surface area contributed by atoms with Gasteiger partial charge in [0.25, 0.3) is 0 Å². The smallest absolute Gasteiger partial charge is 0.324 e. The first kappa shape index (κ1) is 10.4. The van der Waals surface area contributed by atoms with Crippen LogP contribution < -0.4 is 0 Å². The maximum Gasteiger partial charge on any atom is 0.328 e. The molecule has 5 heteroatoms. The number of rotatable bonds is 3. The minimum absolute atomic E-state index is 0.359. The first-order valence-corrected chi connectivity index (χ1v) is 5.62. The summed E-state index contributed by atoms with van der Waals surface area (Å²) in [5.41, 5.74) is 0.204. The maximum absolute atomic E-state index is 10.8. The van der Waals surface area contributed by atoms with Gasteiger partial charge < -0.3 is 9.79 Å². The van der Waals surface area contributed by atoms with Crippen molar-refractivity contribution in [2.24, 2.45) is 0 Å². The summed E-state index contributed by atoms with van der Waals surface area (Å²) in [7, 11) is -3.95. The molecule has 0 fully saturated rings. The van der Waals surface area contributed by atoms with Crippen molar-refractivity contribution in [2.75, 3.05) is 0 Å². The van der Waals surface area contributed by atoms with Crippen molar-refractivity contribution >= 4 is 7.60 Å². The van der Waals surface area contributed by atoms with Gasteiger partial charge in [-0.2, -0.15) is 0 Å². The lowest BCUT2D eigenvalue weighted by Gasteiger charge is -2.12. The summed E-state index contributed by atoms with van der Waals surface area (Å²) in [6.45, 7) is 1.54. The molecule has 0 aliphatic heterocycles. The van der Waals surface area contributed by atoms with E-state index < -0.39 is 13.3 Å². The van der Waals surface area contributed by atoms with Crippen molar-refractivity contribution in [1.82, 2.24) is 4.98 Å². The summed E-state index contributed by atoms with van der Waals surface area (Å²) in [5, 5.41) is 0. The average Bonchev–Trinajstić information content (AvgIpc) is 2.04. The van der Waals surface area contributed by atoms with Gasteiger partial charge in [0, 0.05) is 12.4 Å². The molecule has 0 radical (unpaired) electrons. The number of hydrogen-bond acceptors (Lipinski definition) is 2. The Morgan fingerprint density at radius 3 is 2.77 bits per heavy atom. The highest BCUT2D eigenvalue weighted by Crippen LogP contribution is 2.42. The predicted octanol–water partition coefficient (Wildman–Crippen LogP) is 1.19. The summed E-state index contributed by atoms with van der Waals surface area (Å²) >= 11 is 0. The summed E-state index contributed by atoms with van der Waals surface area (Å²) in [6, 6.07) is 3.56. The van der Waals surface area contributed by atoms with Gasteiger partial charge in [0.1, 0.15) is 0 Å². The quantitative estimate of drug-likeness (QED) is 0.720. The Kier molecular flexibility index (Phi) is 3.20. The molecule has 0 aromatic carbocycles. The molecule has 0 aliphatic carbocycles. The van der Waals surface area contributed by atoms with Crippen LogP contribution >= 0.6 is 7.60 Å². The van der Waals surface area contributed by atoms with Crippen LogP contribution in [0, 0.1) is 0 Å². The fourth-order valence-corrected chi connectivity index (χ4v) is 1.43. The zero-order valence-corrected chi connectivity index (χ0v) is 8.19. The lowest BCUT2D eigenvalue weighted by molar-refractivity contribution is 0.360. The lowest BCUT2D eigenvalue weighted by atomic mass is 10.2. The second kappa shape index (κ2) is 4.01. The Hall–Kier alpha value is -0.700. The van der Waals surface area contributed by atoms with Crippen molar-refractivity contribution in [1.29, 1.82) is 0 Å². The van der Waals surface area contributed by atoms with Crippen molar-refractivity contribution in [3.63, 3.8) is 0 Å². The second-order valence-electron chi connectivity index (χ2n) is 3.00. The predicted molar refractivity (Wildman–Crippen MR) is 49.4 cm³/mol. The number of nitrogens with zero attached hydrogens (tertiary/aromatic N) is 1. The fraction of sp³-hybridized carbons (Fsp3) is 0.375. The van der Waals surface area contributed by atoms with Crippen LogP contribution in [0.3, 0.4) is 0 Å². The Labute approximate surface area is 76.8 Å². The monoisotopic (exact) mass is 201 g/mol. The molecule has 0 saturated heterocycles. The Balaban J connectivity index is 2.66. The highest BCUT2D eigenvalue weighted by molar-refractivity contribution is 7.52. The first-order chi connectivity index (χ1) is 6.00. The van der Waals surface area contributed by atoms with Crippen LogP contribution in [0.25, 0.3) is 0 Å². The van der Waals surface area contributed by atoms with Gasteiger partial charge in [0.15, 0.2) is 0 Å². The normalized spacial score (nSPS) is 14.1.